The molecule has 0 saturated carbocycles. The van der Waals surface area contributed by atoms with Crippen LogP contribution in [0.2, 0.25) is 0 Å². The number of hydrogen-bond acceptors (Lipinski definition) is 3. The number of nitrogens with zero attached hydrogens (tertiary/aromatic N) is 2. The summed E-state index contributed by atoms with van der Waals surface area (Å²) < 4.78 is 0. The van der Waals surface area contributed by atoms with Gasteiger partial charge in [-0.2, -0.15) is 0 Å². The van der Waals surface area contributed by atoms with Crippen LogP contribution < -0.4 is 5.73 Å². The lowest BCUT2D eigenvalue weighted by Gasteiger charge is -2.43. The highest BCUT2D eigenvalue weighted by molar-refractivity contribution is 5.85. The van der Waals surface area contributed by atoms with Gasteiger partial charge in [0.25, 0.3) is 0 Å². The van der Waals surface area contributed by atoms with Crippen molar-refractivity contribution < 1.29 is 4.79 Å². The van der Waals surface area contributed by atoms with Gasteiger partial charge >= 0.3 is 0 Å². The third-order valence-electron chi connectivity index (χ3n) is 4.65. The fraction of sp³-hybridized carbons (Fsp3) is 0.562. The minimum absolute atomic E-state index is 0. The zero-order chi connectivity index (χ0) is 14.1. The summed E-state index contributed by atoms with van der Waals surface area (Å²) in [7, 11) is 0. The summed E-state index contributed by atoms with van der Waals surface area (Å²) in [6.45, 7) is 5.13. The van der Waals surface area contributed by atoms with Crippen molar-refractivity contribution in [3.05, 3.63) is 35.9 Å². The maximum atomic E-state index is 12.7. The molecule has 0 aromatic heterocycles. The van der Waals surface area contributed by atoms with Gasteiger partial charge in [-0.3, -0.25) is 9.69 Å². The molecule has 3 rings (SSSR count). The fourth-order valence-electron chi connectivity index (χ4n) is 3.48. The van der Waals surface area contributed by atoms with E-state index in [9.17, 15) is 4.79 Å². The predicted octanol–water partition coefficient (Wildman–Crippen LogP) is 2.23. The van der Waals surface area contributed by atoms with Crippen LogP contribution >= 0.6 is 24.8 Å². The van der Waals surface area contributed by atoms with Crippen LogP contribution in [-0.2, 0) is 4.79 Å². The van der Waals surface area contributed by atoms with E-state index in [0.29, 0.717) is 6.04 Å². The highest BCUT2D eigenvalue weighted by Crippen LogP contribution is 2.26. The molecule has 1 amide bonds. The number of hydrogen-bond donors (Lipinski definition) is 1. The second-order valence-electron chi connectivity index (χ2n) is 6.02. The molecule has 0 bridgehead atoms. The topological polar surface area (TPSA) is 49.6 Å². The molecule has 0 spiro atoms. The Morgan fingerprint density at radius 1 is 1.23 bits per heavy atom. The van der Waals surface area contributed by atoms with Crippen LogP contribution in [0.3, 0.4) is 0 Å². The number of rotatable bonds is 2. The first-order valence-electron chi connectivity index (χ1n) is 7.52. The molecule has 3 atom stereocenters. The van der Waals surface area contributed by atoms with E-state index < -0.39 is 6.04 Å². The lowest BCUT2D eigenvalue weighted by Crippen LogP contribution is -2.58. The molecular weight excluding hydrogens is 321 g/mol. The lowest BCUT2D eigenvalue weighted by atomic mass is 10.0. The van der Waals surface area contributed by atoms with Crippen LogP contribution in [0.4, 0.5) is 0 Å². The van der Waals surface area contributed by atoms with Gasteiger partial charge in [-0.15, -0.1) is 24.8 Å². The molecule has 4 nitrogen and oxygen atoms in total. The number of fused-ring (bicyclic) bond motifs is 1. The van der Waals surface area contributed by atoms with Crippen molar-refractivity contribution in [3.63, 3.8) is 0 Å². The molecular formula is C16H25Cl2N3O. The minimum Gasteiger partial charge on any atom is -0.335 e. The van der Waals surface area contributed by atoms with E-state index in [4.69, 9.17) is 5.73 Å². The fourth-order valence-corrected chi connectivity index (χ4v) is 3.48. The molecule has 0 aliphatic carbocycles. The van der Waals surface area contributed by atoms with Crippen LogP contribution in [-0.4, -0.2) is 47.4 Å². The average Bonchev–Trinajstić information content (AvgIpc) is 2.93. The summed E-state index contributed by atoms with van der Waals surface area (Å²) in [4.78, 5) is 17.2. The summed E-state index contributed by atoms with van der Waals surface area (Å²) >= 11 is 0. The molecule has 2 fully saturated rings. The Kier molecular flexibility index (Phi) is 7.13. The summed E-state index contributed by atoms with van der Waals surface area (Å²) in [5.41, 5.74) is 7.07. The van der Waals surface area contributed by atoms with Gasteiger partial charge < -0.3 is 10.6 Å². The van der Waals surface area contributed by atoms with Gasteiger partial charge in [-0.05, 0) is 31.9 Å². The SMILES string of the molecule is CC1CN2CCCC2CN1C(=O)C(N)c1ccccc1.Cl.Cl. The highest BCUT2D eigenvalue weighted by Gasteiger charge is 2.37. The summed E-state index contributed by atoms with van der Waals surface area (Å²) in [5, 5.41) is 0. The van der Waals surface area contributed by atoms with Gasteiger partial charge in [0, 0.05) is 25.2 Å². The number of benzene rings is 1. The molecule has 1 aromatic rings. The predicted molar refractivity (Wildman–Crippen MR) is 93.6 cm³/mol. The molecule has 0 radical (unpaired) electrons. The maximum Gasteiger partial charge on any atom is 0.244 e. The Bertz CT molecular complexity index is 486. The van der Waals surface area contributed by atoms with E-state index in [2.05, 4.69) is 11.8 Å². The smallest absolute Gasteiger partial charge is 0.244 e. The van der Waals surface area contributed by atoms with Gasteiger partial charge in [0.05, 0.1) is 0 Å². The quantitative estimate of drug-likeness (QED) is 0.893. The third-order valence-corrected chi connectivity index (χ3v) is 4.65. The third kappa shape index (κ3) is 3.74. The Labute approximate surface area is 144 Å². The number of piperazine rings is 1. The molecule has 2 aliphatic rings. The van der Waals surface area contributed by atoms with E-state index >= 15 is 0 Å². The van der Waals surface area contributed by atoms with Crippen molar-refractivity contribution in [2.24, 2.45) is 5.73 Å². The van der Waals surface area contributed by atoms with Crippen LogP contribution in [0.15, 0.2) is 30.3 Å². The van der Waals surface area contributed by atoms with Crippen LogP contribution in [0.5, 0.6) is 0 Å². The van der Waals surface area contributed by atoms with Crippen molar-refractivity contribution >= 4 is 30.7 Å². The number of halogens is 2. The van der Waals surface area contributed by atoms with Gasteiger partial charge in [-0.1, -0.05) is 30.3 Å². The second kappa shape index (κ2) is 8.16. The van der Waals surface area contributed by atoms with Crippen molar-refractivity contribution in [2.45, 2.75) is 37.9 Å². The van der Waals surface area contributed by atoms with E-state index in [1.165, 1.54) is 19.4 Å². The van der Waals surface area contributed by atoms with Gasteiger partial charge in [0.2, 0.25) is 5.91 Å². The van der Waals surface area contributed by atoms with E-state index in [1.54, 1.807) is 0 Å². The molecule has 3 unspecified atom stereocenters. The molecule has 22 heavy (non-hydrogen) atoms. The molecule has 2 N–H and O–H groups in total. The summed E-state index contributed by atoms with van der Waals surface area (Å²) in [5.74, 6) is 0.0650. The van der Waals surface area contributed by atoms with E-state index in [1.807, 2.05) is 35.2 Å². The number of carbonyl (C=O) groups excluding carboxylic acids is 1. The van der Waals surface area contributed by atoms with Gasteiger partial charge in [-0.25, -0.2) is 0 Å². The normalized spacial score (nSPS) is 25.6. The number of carbonyl (C=O) groups is 1. The monoisotopic (exact) mass is 345 g/mol. The zero-order valence-electron chi connectivity index (χ0n) is 12.9. The first-order chi connectivity index (χ1) is 9.66. The molecule has 6 heteroatoms. The first-order valence-corrected chi connectivity index (χ1v) is 7.52. The molecule has 1 aromatic carbocycles. The molecule has 124 valence electrons. The largest absolute Gasteiger partial charge is 0.335 e. The zero-order valence-corrected chi connectivity index (χ0v) is 14.5. The van der Waals surface area contributed by atoms with Crippen molar-refractivity contribution in [1.29, 1.82) is 0 Å². The Hall–Kier alpha value is -0.810. The molecule has 2 saturated heterocycles. The highest BCUT2D eigenvalue weighted by atomic mass is 35.5. The standard InChI is InChI=1S/C16H23N3O.2ClH/c1-12-10-18-9-5-8-14(18)11-19(12)16(20)15(17)13-6-3-2-4-7-13;;/h2-4,6-7,12,14-15H,5,8-11,17H2,1H3;2*1H. The Morgan fingerprint density at radius 2 is 1.91 bits per heavy atom. The molecule has 2 aliphatic heterocycles. The molecule has 2 heterocycles. The first kappa shape index (κ1) is 19.2. The van der Waals surface area contributed by atoms with E-state index in [0.717, 1.165) is 18.7 Å². The Morgan fingerprint density at radius 3 is 2.59 bits per heavy atom. The second-order valence-corrected chi connectivity index (χ2v) is 6.02. The average molecular weight is 346 g/mol. The van der Waals surface area contributed by atoms with Gasteiger partial charge in [0.15, 0.2) is 0 Å². The van der Waals surface area contributed by atoms with Gasteiger partial charge in [0.1, 0.15) is 6.04 Å². The van der Waals surface area contributed by atoms with Crippen LogP contribution in [0.1, 0.15) is 31.4 Å². The van der Waals surface area contributed by atoms with Crippen LogP contribution in [0, 0.1) is 0 Å². The van der Waals surface area contributed by atoms with Crippen LogP contribution in [0.25, 0.3) is 0 Å². The maximum absolute atomic E-state index is 12.7. The van der Waals surface area contributed by atoms with Crippen molar-refractivity contribution in [3.8, 4) is 0 Å². The van der Waals surface area contributed by atoms with Crippen molar-refractivity contribution in [1.82, 2.24) is 9.80 Å². The number of amides is 1. The summed E-state index contributed by atoms with van der Waals surface area (Å²) in [6, 6.07) is 9.93. The lowest BCUT2D eigenvalue weighted by molar-refractivity contribution is -0.138. The number of nitrogens with two attached hydrogens (primary N) is 1. The summed E-state index contributed by atoms with van der Waals surface area (Å²) in [6.07, 6.45) is 2.46. The minimum atomic E-state index is -0.536. The van der Waals surface area contributed by atoms with Crippen molar-refractivity contribution in [2.75, 3.05) is 19.6 Å². The van der Waals surface area contributed by atoms with E-state index in [-0.39, 0.29) is 36.8 Å². The Balaban J connectivity index is 0.00000121.